The van der Waals surface area contributed by atoms with Crippen LogP contribution < -0.4 is 0 Å². The van der Waals surface area contributed by atoms with Gasteiger partial charge in [-0.15, -0.1) is 0 Å². The van der Waals surface area contributed by atoms with Gasteiger partial charge in [0.1, 0.15) is 0 Å². The number of carbonyl (C=O) groups is 2. The summed E-state index contributed by atoms with van der Waals surface area (Å²) in [5.41, 5.74) is 1.80. The lowest BCUT2D eigenvalue weighted by Gasteiger charge is -2.28. The lowest BCUT2D eigenvalue weighted by molar-refractivity contribution is -0.135. The van der Waals surface area contributed by atoms with Gasteiger partial charge in [-0.3, -0.25) is 14.5 Å². The highest BCUT2D eigenvalue weighted by Crippen LogP contribution is 2.18. The van der Waals surface area contributed by atoms with Crippen molar-refractivity contribution in [3.05, 3.63) is 35.4 Å². The Morgan fingerprint density at radius 1 is 1.25 bits per heavy atom. The molecule has 2 rings (SSSR count). The van der Waals surface area contributed by atoms with Crippen LogP contribution in [0.5, 0.6) is 0 Å². The molecule has 1 aliphatic heterocycles. The molecule has 1 aromatic carbocycles. The molecule has 1 aromatic rings. The molecule has 1 heterocycles. The Balaban J connectivity index is 2.15. The summed E-state index contributed by atoms with van der Waals surface area (Å²) in [6, 6.07) is 7.48. The maximum atomic E-state index is 11.8. The van der Waals surface area contributed by atoms with Crippen molar-refractivity contribution in [2.45, 2.75) is 26.2 Å². The van der Waals surface area contributed by atoms with Crippen LogP contribution >= 0.6 is 0 Å². The van der Waals surface area contributed by atoms with E-state index in [1.807, 2.05) is 12.1 Å². The molecular formula is C13H15NO2. The summed E-state index contributed by atoms with van der Waals surface area (Å²) in [5, 5.41) is 0. The minimum Gasteiger partial charge on any atom is -0.278 e. The van der Waals surface area contributed by atoms with Crippen LogP contribution in [0.2, 0.25) is 0 Å². The Kier molecular flexibility index (Phi) is 2.77. The number of benzene rings is 1. The van der Waals surface area contributed by atoms with E-state index in [4.69, 9.17) is 0 Å². The Bertz CT molecular complexity index is 420. The first kappa shape index (κ1) is 10.9. The molecule has 3 nitrogen and oxygen atoms in total. The van der Waals surface area contributed by atoms with Crippen LogP contribution in [0.3, 0.4) is 0 Å². The number of carbonyl (C=O) groups excluding carboxylic acids is 2. The molecule has 2 amide bonds. The molecule has 0 atom stereocenters. The van der Waals surface area contributed by atoms with Gasteiger partial charge < -0.3 is 0 Å². The third-order valence-electron chi connectivity index (χ3n) is 2.92. The summed E-state index contributed by atoms with van der Waals surface area (Å²) in [7, 11) is 0. The molecule has 0 radical (unpaired) electrons. The SMILES string of the molecule is CC(C)c1ccc(C(=O)N2CCC2=O)cc1. The maximum Gasteiger partial charge on any atom is 0.260 e. The highest BCUT2D eigenvalue weighted by Gasteiger charge is 2.30. The maximum absolute atomic E-state index is 11.8. The van der Waals surface area contributed by atoms with E-state index < -0.39 is 0 Å². The van der Waals surface area contributed by atoms with E-state index in [1.54, 1.807) is 12.1 Å². The van der Waals surface area contributed by atoms with E-state index in [0.29, 0.717) is 24.4 Å². The van der Waals surface area contributed by atoms with Gasteiger partial charge in [0.25, 0.3) is 5.91 Å². The normalized spacial score (nSPS) is 15.2. The minimum atomic E-state index is -0.174. The van der Waals surface area contributed by atoms with E-state index in [-0.39, 0.29) is 11.8 Å². The largest absolute Gasteiger partial charge is 0.278 e. The Morgan fingerprint density at radius 2 is 1.88 bits per heavy atom. The van der Waals surface area contributed by atoms with E-state index in [1.165, 1.54) is 10.5 Å². The predicted octanol–water partition coefficient (Wildman–Crippen LogP) is 2.18. The smallest absolute Gasteiger partial charge is 0.260 e. The van der Waals surface area contributed by atoms with Gasteiger partial charge >= 0.3 is 0 Å². The van der Waals surface area contributed by atoms with Gasteiger partial charge in [-0.05, 0) is 23.6 Å². The molecule has 0 aromatic heterocycles. The van der Waals surface area contributed by atoms with Crippen LogP contribution in [-0.4, -0.2) is 23.3 Å². The molecule has 1 fully saturated rings. The number of likely N-dealkylation sites (tertiary alicyclic amines) is 1. The van der Waals surface area contributed by atoms with Gasteiger partial charge in [-0.25, -0.2) is 0 Å². The quantitative estimate of drug-likeness (QED) is 0.562. The van der Waals surface area contributed by atoms with Crippen molar-refractivity contribution in [2.75, 3.05) is 6.54 Å². The summed E-state index contributed by atoms with van der Waals surface area (Å²) in [6.07, 6.45) is 0.496. The van der Waals surface area contributed by atoms with Gasteiger partial charge in [0.2, 0.25) is 5.91 Å². The van der Waals surface area contributed by atoms with Crippen LogP contribution in [0.4, 0.5) is 0 Å². The molecule has 0 bridgehead atoms. The fraction of sp³-hybridized carbons (Fsp3) is 0.385. The third kappa shape index (κ3) is 1.85. The van der Waals surface area contributed by atoms with Crippen LogP contribution in [0.15, 0.2) is 24.3 Å². The van der Waals surface area contributed by atoms with Crippen LogP contribution in [0, 0.1) is 0 Å². The summed E-state index contributed by atoms with van der Waals surface area (Å²) < 4.78 is 0. The minimum absolute atomic E-state index is 0.0714. The topological polar surface area (TPSA) is 37.4 Å². The number of rotatable bonds is 2. The van der Waals surface area contributed by atoms with E-state index in [9.17, 15) is 9.59 Å². The van der Waals surface area contributed by atoms with Crippen molar-refractivity contribution >= 4 is 11.8 Å². The zero-order valence-corrected chi connectivity index (χ0v) is 9.56. The molecular weight excluding hydrogens is 202 g/mol. The van der Waals surface area contributed by atoms with Crippen molar-refractivity contribution in [1.82, 2.24) is 4.90 Å². The van der Waals surface area contributed by atoms with Crippen LogP contribution in [-0.2, 0) is 4.79 Å². The van der Waals surface area contributed by atoms with Crippen molar-refractivity contribution < 1.29 is 9.59 Å². The fourth-order valence-electron chi connectivity index (χ4n) is 1.70. The third-order valence-corrected chi connectivity index (χ3v) is 2.92. The number of nitrogens with zero attached hydrogens (tertiary/aromatic N) is 1. The standard InChI is InChI=1S/C13H15NO2/c1-9(2)10-3-5-11(6-4-10)13(16)14-8-7-12(14)15/h3-6,9H,7-8H2,1-2H3. The second-order valence-corrected chi connectivity index (χ2v) is 4.38. The number of hydrogen-bond acceptors (Lipinski definition) is 2. The van der Waals surface area contributed by atoms with Gasteiger partial charge in [0.05, 0.1) is 0 Å². The van der Waals surface area contributed by atoms with Gasteiger partial charge in [-0.2, -0.15) is 0 Å². The van der Waals surface area contributed by atoms with E-state index >= 15 is 0 Å². The van der Waals surface area contributed by atoms with Crippen molar-refractivity contribution in [3.63, 3.8) is 0 Å². The molecule has 1 saturated heterocycles. The van der Waals surface area contributed by atoms with Crippen LogP contribution in [0.25, 0.3) is 0 Å². The van der Waals surface area contributed by atoms with Crippen molar-refractivity contribution in [1.29, 1.82) is 0 Å². The molecule has 16 heavy (non-hydrogen) atoms. The highest BCUT2D eigenvalue weighted by atomic mass is 16.2. The first-order valence-electron chi connectivity index (χ1n) is 5.54. The van der Waals surface area contributed by atoms with Gasteiger partial charge in [-0.1, -0.05) is 26.0 Å². The molecule has 0 spiro atoms. The fourth-order valence-corrected chi connectivity index (χ4v) is 1.70. The molecule has 3 heteroatoms. The molecule has 0 aliphatic carbocycles. The first-order chi connectivity index (χ1) is 7.59. The zero-order valence-electron chi connectivity index (χ0n) is 9.56. The molecule has 0 unspecified atom stereocenters. The number of imide groups is 1. The summed E-state index contributed by atoms with van der Waals surface area (Å²) in [6.45, 7) is 4.77. The average molecular weight is 217 g/mol. The number of β-lactam (4-membered cyclic amide) rings is 1. The van der Waals surface area contributed by atoms with E-state index in [0.717, 1.165) is 0 Å². The first-order valence-corrected chi connectivity index (χ1v) is 5.54. The monoisotopic (exact) mass is 217 g/mol. The molecule has 0 N–H and O–H groups in total. The number of amides is 2. The number of hydrogen-bond donors (Lipinski definition) is 0. The highest BCUT2D eigenvalue weighted by molar-refractivity contribution is 6.07. The Labute approximate surface area is 95.1 Å². The zero-order chi connectivity index (χ0) is 11.7. The molecule has 84 valence electrons. The lowest BCUT2D eigenvalue weighted by Crippen LogP contribution is -2.47. The summed E-state index contributed by atoms with van der Waals surface area (Å²) in [4.78, 5) is 24.2. The van der Waals surface area contributed by atoms with Crippen molar-refractivity contribution in [3.8, 4) is 0 Å². The van der Waals surface area contributed by atoms with Crippen LogP contribution in [0.1, 0.15) is 42.1 Å². The molecule has 1 aliphatic rings. The second-order valence-electron chi connectivity index (χ2n) is 4.38. The van der Waals surface area contributed by atoms with E-state index in [2.05, 4.69) is 13.8 Å². The summed E-state index contributed by atoms with van der Waals surface area (Å²) >= 11 is 0. The Morgan fingerprint density at radius 3 is 2.25 bits per heavy atom. The second kappa shape index (κ2) is 4.08. The van der Waals surface area contributed by atoms with Crippen molar-refractivity contribution in [2.24, 2.45) is 0 Å². The molecule has 0 saturated carbocycles. The van der Waals surface area contributed by atoms with Gasteiger partial charge in [0, 0.05) is 18.5 Å². The predicted molar refractivity (Wildman–Crippen MR) is 61.2 cm³/mol. The Hall–Kier alpha value is -1.64. The van der Waals surface area contributed by atoms with Gasteiger partial charge in [0.15, 0.2) is 0 Å². The summed E-state index contributed by atoms with van der Waals surface area (Å²) in [5.74, 6) is 0.208. The average Bonchev–Trinajstić information content (AvgIpc) is 2.27. The lowest BCUT2D eigenvalue weighted by atomic mass is 10.0.